The van der Waals surface area contributed by atoms with Gasteiger partial charge in [0.1, 0.15) is 41.4 Å². The fourth-order valence-corrected chi connectivity index (χ4v) is 11.2. The second-order valence-corrected chi connectivity index (χ2v) is 21.6. The molecule has 0 aliphatic carbocycles. The van der Waals surface area contributed by atoms with Gasteiger partial charge in [0.2, 0.25) is 0 Å². The number of fused-ring (bicyclic) bond motifs is 2. The van der Waals surface area contributed by atoms with Crippen LogP contribution in [0.25, 0.3) is 22.5 Å². The first-order valence-electron chi connectivity index (χ1n) is 23.5. The summed E-state index contributed by atoms with van der Waals surface area (Å²) in [5, 5.41) is 15.3. The number of aromatic nitrogens is 4. The molecule has 82 heavy (non-hydrogen) atoms. The molecular formula is C50H41BBrF8N8O12S2. The molecule has 4 aromatic carbocycles. The Morgan fingerprint density at radius 1 is 0.634 bits per heavy atom. The number of hydrogen-bond acceptors (Lipinski definition) is 14. The van der Waals surface area contributed by atoms with Crippen LogP contribution in [0.1, 0.15) is 33.6 Å². The third-order valence-corrected chi connectivity index (χ3v) is 15.8. The number of methoxy groups -OCH3 is 2. The summed E-state index contributed by atoms with van der Waals surface area (Å²) in [5.41, 5.74) is -0.364. The summed E-state index contributed by atoms with van der Waals surface area (Å²) in [6.45, 7) is 0.0573. The van der Waals surface area contributed by atoms with Crippen molar-refractivity contribution in [2.24, 2.45) is 0 Å². The standard InChI is InChI=1S/C25H20F4N4O5S.C18H16BrFN4O5S.C7H5BF3O2/c1-37-22-12-18(15-3-2-4-17(11-15)25(27,28)29)19(26)13-21(22)33-20-7-9-32(14-16(20)5-6-24(33)34)39(35,36)31-23-8-10-38-30-23;1-28-16-8-12(19)13(20)9-15(16)24-14-4-6-23(10-11(14)2-3-18(24)25)30(26,27)22-17-5-7-29-21-17;9-7(10,11)5-2-1-3-6(4-5)13-8-12/h2-6,8,10-13H,7,9,14H2,1H3,(H,30,31);2-3,5,7-9H,4,6,10H2,1H3,(H,21,22);1-4,12H. The van der Waals surface area contributed by atoms with Crippen LogP contribution in [-0.4, -0.2) is 84.9 Å². The van der Waals surface area contributed by atoms with Crippen LogP contribution >= 0.6 is 15.9 Å². The van der Waals surface area contributed by atoms with Gasteiger partial charge in [0.25, 0.3) is 11.1 Å². The van der Waals surface area contributed by atoms with Crippen molar-refractivity contribution in [1.82, 2.24) is 28.1 Å². The maximum atomic E-state index is 15.4. The van der Waals surface area contributed by atoms with Crippen LogP contribution < -0.4 is 34.7 Å². The van der Waals surface area contributed by atoms with Gasteiger partial charge in [-0.2, -0.15) is 51.8 Å². The number of ether oxygens (including phenoxy) is 2. The van der Waals surface area contributed by atoms with Crippen molar-refractivity contribution >= 4 is 55.7 Å². The minimum Gasteiger partial charge on any atom is -0.537 e. The number of nitrogens with one attached hydrogen (secondary N) is 2. The molecule has 0 fully saturated rings. The molecule has 431 valence electrons. The van der Waals surface area contributed by atoms with E-state index in [1.807, 2.05) is 0 Å². The first-order chi connectivity index (χ1) is 38.8. The predicted molar refractivity (Wildman–Crippen MR) is 282 cm³/mol. The highest BCUT2D eigenvalue weighted by atomic mass is 79.9. The summed E-state index contributed by atoms with van der Waals surface area (Å²) < 4.78 is 191. The summed E-state index contributed by atoms with van der Waals surface area (Å²) in [6, 6.07) is 21.7. The fraction of sp³-hybridized carbons (Fsp3) is 0.200. The maximum Gasteiger partial charge on any atom is 0.569 e. The normalized spacial score (nSPS) is 13.8. The summed E-state index contributed by atoms with van der Waals surface area (Å²) >= 11 is 3.11. The van der Waals surface area contributed by atoms with Crippen molar-refractivity contribution in [2.45, 2.75) is 38.3 Å². The number of alkyl halides is 6. The number of anilines is 2. The molecule has 3 N–H and O–H groups in total. The van der Waals surface area contributed by atoms with E-state index in [9.17, 15) is 57.2 Å². The molecule has 4 aromatic heterocycles. The Labute approximate surface area is 468 Å². The molecule has 0 amide bonds. The van der Waals surface area contributed by atoms with Gasteiger partial charge in [-0.1, -0.05) is 40.6 Å². The molecule has 0 unspecified atom stereocenters. The molecular weight excluding hydrogens is 1210 g/mol. The molecule has 0 saturated heterocycles. The van der Waals surface area contributed by atoms with Gasteiger partial charge in [-0.3, -0.25) is 28.2 Å². The highest BCUT2D eigenvalue weighted by Gasteiger charge is 2.34. The zero-order valence-electron chi connectivity index (χ0n) is 42.2. The van der Waals surface area contributed by atoms with E-state index >= 15 is 4.39 Å². The van der Waals surface area contributed by atoms with E-state index in [0.29, 0.717) is 35.9 Å². The van der Waals surface area contributed by atoms with Crippen molar-refractivity contribution in [2.75, 3.05) is 36.8 Å². The smallest absolute Gasteiger partial charge is 0.537 e. The minimum absolute atomic E-state index is 0.00322. The zero-order chi connectivity index (χ0) is 59.3. The molecule has 1 radical (unpaired) electrons. The third kappa shape index (κ3) is 13.6. The van der Waals surface area contributed by atoms with Gasteiger partial charge >= 0.3 is 40.5 Å². The highest BCUT2D eigenvalue weighted by molar-refractivity contribution is 9.10. The van der Waals surface area contributed by atoms with Crippen LogP contribution in [0.2, 0.25) is 0 Å². The van der Waals surface area contributed by atoms with E-state index in [4.69, 9.17) is 14.5 Å². The van der Waals surface area contributed by atoms with Crippen LogP contribution in [0.5, 0.6) is 17.2 Å². The molecule has 0 bridgehead atoms. The van der Waals surface area contributed by atoms with Crippen molar-refractivity contribution in [3.63, 3.8) is 0 Å². The molecule has 0 spiro atoms. The van der Waals surface area contributed by atoms with Gasteiger partial charge in [-0.25, -0.2) is 8.78 Å². The number of rotatable bonds is 13. The van der Waals surface area contributed by atoms with Crippen LogP contribution in [-0.2, 0) is 58.7 Å². The molecule has 10 rings (SSSR count). The van der Waals surface area contributed by atoms with Crippen molar-refractivity contribution in [3.05, 3.63) is 192 Å². The molecule has 8 aromatic rings. The Bertz CT molecular complexity index is 3970. The summed E-state index contributed by atoms with van der Waals surface area (Å²) in [7, 11) is -4.84. The Balaban J connectivity index is 0.000000180. The Kier molecular flexibility index (Phi) is 18.0. The average Bonchev–Trinajstić information content (AvgIpc) is 4.29. The van der Waals surface area contributed by atoms with Gasteiger partial charge in [0, 0.05) is 92.4 Å². The number of halogens is 9. The minimum atomic E-state index is -4.61. The summed E-state index contributed by atoms with van der Waals surface area (Å²) in [5.74, 6) is -1.05. The lowest BCUT2D eigenvalue weighted by Crippen LogP contribution is -2.41. The van der Waals surface area contributed by atoms with Gasteiger partial charge < -0.3 is 28.2 Å². The average molecular weight is 1250 g/mol. The first-order valence-corrected chi connectivity index (χ1v) is 27.2. The van der Waals surface area contributed by atoms with E-state index < -0.39 is 61.1 Å². The summed E-state index contributed by atoms with van der Waals surface area (Å²) in [4.78, 5) is 25.6. The largest absolute Gasteiger partial charge is 0.569 e. The van der Waals surface area contributed by atoms with Crippen LogP contribution in [0.15, 0.2) is 145 Å². The Hall–Kier alpha value is -8.04. The molecule has 6 heterocycles. The Morgan fingerprint density at radius 3 is 1.57 bits per heavy atom. The van der Waals surface area contributed by atoms with Crippen molar-refractivity contribution in [3.8, 4) is 39.8 Å². The van der Waals surface area contributed by atoms with E-state index in [1.54, 1.807) is 6.07 Å². The number of hydrogen-bond donors (Lipinski definition) is 3. The van der Waals surface area contributed by atoms with Crippen LogP contribution in [0, 0.1) is 11.6 Å². The van der Waals surface area contributed by atoms with Gasteiger partial charge in [-0.05, 0) is 75.1 Å². The number of nitrogens with zero attached hydrogens (tertiary/aromatic N) is 6. The molecule has 32 heteroatoms. The van der Waals surface area contributed by atoms with Crippen LogP contribution in [0.3, 0.4) is 0 Å². The molecule has 0 atom stereocenters. The monoisotopic (exact) mass is 1250 g/mol. The van der Waals surface area contributed by atoms with Crippen molar-refractivity contribution in [1.29, 1.82) is 0 Å². The lowest BCUT2D eigenvalue weighted by atomic mass is 10.0. The lowest BCUT2D eigenvalue weighted by molar-refractivity contribution is -0.138. The highest BCUT2D eigenvalue weighted by Crippen LogP contribution is 2.38. The maximum absolute atomic E-state index is 15.4. The van der Waals surface area contributed by atoms with E-state index in [1.165, 1.54) is 113 Å². The summed E-state index contributed by atoms with van der Waals surface area (Å²) in [6.07, 6.45) is -6.19. The quantitative estimate of drug-likeness (QED) is 0.0725. The second-order valence-electron chi connectivity index (χ2n) is 17.4. The second kappa shape index (κ2) is 24.6. The van der Waals surface area contributed by atoms with E-state index in [0.717, 1.165) is 34.6 Å². The number of benzene rings is 4. The fourth-order valence-electron chi connectivity index (χ4n) is 8.56. The van der Waals surface area contributed by atoms with Gasteiger partial charge in [0.05, 0.1) is 41.2 Å². The first kappa shape index (κ1) is 60.1. The molecule has 20 nitrogen and oxygen atoms in total. The topological polar surface area (TPSA) is 243 Å². The molecule has 0 saturated carbocycles. The lowest BCUT2D eigenvalue weighted by Gasteiger charge is -2.30. The molecule has 2 aliphatic heterocycles. The zero-order valence-corrected chi connectivity index (χ0v) is 45.4. The van der Waals surface area contributed by atoms with Gasteiger partial charge in [0.15, 0.2) is 11.6 Å². The van der Waals surface area contributed by atoms with Crippen molar-refractivity contribution < 1.29 is 80.2 Å². The third-order valence-electron chi connectivity index (χ3n) is 12.3. The number of pyridine rings is 2. The van der Waals surface area contributed by atoms with Gasteiger partial charge in [-0.15, -0.1) is 0 Å². The van der Waals surface area contributed by atoms with Crippen LogP contribution in [0.4, 0.5) is 46.8 Å². The molecule has 2 aliphatic rings. The van der Waals surface area contributed by atoms with E-state index in [-0.39, 0.29) is 94.7 Å². The van der Waals surface area contributed by atoms with E-state index in [2.05, 4.69) is 49.4 Å². The Morgan fingerprint density at radius 2 is 1.11 bits per heavy atom. The predicted octanol–water partition coefficient (Wildman–Crippen LogP) is 8.44. The SMILES string of the molecule is COc1cc(-c2cccc(C(F)(F)F)c2)c(F)cc1-n1c2c(ccc1=O)CN(S(=O)(=O)Nc1ccon1)CC2.COc1cc(Br)c(F)cc1-n1c2c(ccc1=O)CN(S(=O)(=O)Nc1ccon1)CC2.O[B]Oc1cccc(C(F)(F)F)c1.